The summed E-state index contributed by atoms with van der Waals surface area (Å²) >= 11 is 0. The third-order valence-electron chi connectivity index (χ3n) is 5.04. The Morgan fingerprint density at radius 2 is 1.75 bits per heavy atom. The van der Waals surface area contributed by atoms with E-state index < -0.39 is 41.8 Å². The number of nitrogens with one attached hydrogen (secondary N) is 1. The molecular weight excluding hydrogens is 464 g/mol. The largest absolute Gasteiger partial charge is 0.341 e. The number of amides is 1. The highest BCUT2D eigenvalue weighted by molar-refractivity contribution is 7.91. The summed E-state index contributed by atoms with van der Waals surface area (Å²) in [5.41, 5.74) is 1.41. The Balaban J connectivity index is 1.83. The Bertz CT molecular complexity index is 1450. The maximum Gasteiger partial charge on any atom is 0.341 e. The van der Waals surface area contributed by atoms with Crippen molar-refractivity contribution in [3.63, 3.8) is 0 Å². The highest BCUT2D eigenvalue weighted by atomic mass is 32.2. The number of aryl methyl sites for hydroxylation is 1. The summed E-state index contributed by atoms with van der Waals surface area (Å²) in [5.74, 6) is -5.30. The monoisotopic (exact) mass is 481 g/mol. The SMILES string of the molecule is Cc1ccccc1-n1nc2c(c1NC(=O)c1ccccc1S(=O)(=O)C(F)F)CS(=O)(=O)C2. The third kappa shape index (κ3) is 3.79. The summed E-state index contributed by atoms with van der Waals surface area (Å²) in [4.78, 5) is 12.2. The number of sulfone groups is 2. The van der Waals surface area contributed by atoms with Gasteiger partial charge in [-0.15, -0.1) is 0 Å². The molecule has 2 heterocycles. The number of hydrogen-bond acceptors (Lipinski definition) is 6. The molecule has 1 N–H and O–H groups in total. The molecule has 0 saturated heterocycles. The van der Waals surface area contributed by atoms with Crippen LogP contribution in [0.2, 0.25) is 0 Å². The summed E-state index contributed by atoms with van der Waals surface area (Å²) < 4.78 is 75.9. The number of para-hydroxylation sites is 1. The van der Waals surface area contributed by atoms with Crippen molar-refractivity contribution in [1.29, 1.82) is 0 Å². The molecular formula is C20H17F2N3O5S2. The lowest BCUT2D eigenvalue weighted by Crippen LogP contribution is -2.21. The van der Waals surface area contributed by atoms with E-state index in [1.54, 1.807) is 31.2 Å². The van der Waals surface area contributed by atoms with Crippen molar-refractivity contribution in [1.82, 2.24) is 9.78 Å². The minimum Gasteiger partial charge on any atom is -0.306 e. The molecule has 2 aromatic carbocycles. The van der Waals surface area contributed by atoms with Gasteiger partial charge >= 0.3 is 5.76 Å². The number of anilines is 1. The predicted molar refractivity (Wildman–Crippen MR) is 112 cm³/mol. The van der Waals surface area contributed by atoms with Gasteiger partial charge in [0.15, 0.2) is 9.84 Å². The Morgan fingerprint density at radius 3 is 2.44 bits per heavy atom. The van der Waals surface area contributed by atoms with Gasteiger partial charge in [0.2, 0.25) is 9.84 Å². The molecule has 3 aromatic rings. The molecule has 1 aromatic heterocycles. The van der Waals surface area contributed by atoms with Crippen LogP contribution in [0.3, 0.4) is 0 Å². The maximum atomic E-state index is 13.1. The Hall–Kier alpha value is -3.12. The summed E-state index contributed by atoms with van der Waals surface area (Å²) in [6.45, 7) is 1.80. The molecule has 0 unspecified atom stereocenters. The van der Waals surface area contributed by atoms with E-state index in [1.807, 2.05) is 0 Å². The fraction of sp³-hybridized carbons (Fsp3) is 0.200. The van der Waals surface area contributed by atoms with E-state index in [9.17, 15) is 30.4 Å². The van der Waals surface area contributed by atoms with Gasteiger partial charge in [-0.05, 0) is 30.7 Å². The van der Waals surface area contributed by atoms with E-state index in [2.05, 4.69) is 10.4 Å². The molecule has 32 heavy (non-hydrogen) atoms. The average Bonchev–Trinajstić information content (AvgIpc) is 3.20. The summed E-state index contributed by atoms with van der Waals surface area (Å²) in [7, 11) is -8.50. The molecule has 1 aliphatic heterocycles. The molecule has 0 bridgehead atoms. The molecule has 0 radical (unpaired) electrons. The van der Waals surface area contributed by atoms with Crippen molar-refractivity contribution in [2.45, 2.75) is 29.1 Å². The topological polar surface area (TPSA) is 115 Å². The van der Waals surface area contributed by atoms with Gasteiger partial charge < -0.3 is 5.32 Å². The van der Waals surface area contributed by atoms with Gasteiger partial charge in [-0.3, -0.25) is 4.79 Å². The molecule has 1 aliphatic rings. The van der Waals surface area contributed by atoms with Crippen molar-refractivity contribution in [3.05, 3.63) is 70.9 Å². The Morgan fingerprint density at radius 1 is 1.09 bits per heavy atom. The lowest BCUT2D eigenvalue weighted by atomic mass is 10.2. The third-order valence-corrected chi connectivity index (χ3v) is 7.92. The number of hydrogen-bond donors (Lipinski definition) is 1. The standard InChI is InChI=1S/C20H17F2N3O5S2/c1-12-6-2-4-8-16(12)25-18(14-10-31(27,28)11-15(14)24-25)23-19(26)13-7-3-5-9-17(13)32(29,30)20(21)22/h2-9,20H,10-11H2,1H3,(H,23,26). The molecule has 168 valence electrons. The van der Waals surface area contributed by atoms with Crippen molar-refractivity contribution in [3.8, 4) is 5.69 Å². The lowest BCUT2D eigenvalue weighted by molar-refractivity contribution is 0.102. The summed E-state index contributed by atoms with van der Waals surface area (Å²) in [5, 5.41) is 6.86. The first-order valence-corrected chi connectivity index (χ1v) is 12.7. The summed E-state index contributed by atoms with van der Waals surface area (Å²) in [6, 6.07) is 11.7. The van der Waals surface area contributed by atoms with Crippen LogP contribution < -0.4 is 5.32 Å². The highest BCUT2D eigenvalue weighted by Gasteiger charge is 2.35. The molecule has 4 rings (SSSR count). The number of rotatable bonds is 5. The van der Waals surface area contributed by atoms with Crippen LogP contribution in [0.25, 0.3) is 5.69 Å². The highest BCUT2D eigenvalue weighted by Crippen LogP contribution is 2.34. The molecule has 0 saturated carbocycles. The lowest BCUT2D eigenvalue weighted by Gasteiger charge is -2.14. The van der Waals surface area contributed by atoms with E-state index in [0.29, 0.717) is 5.69 Å². The van der Waals surface area contributed by atoms with E-state index >= 15 is 0 Å². The van der Waals surface area contributed by atoms with Gasteiger partial charge in [-0.1, -0.05) is 30.3 Å². The quantitative estimate of drug-likeness (QED) is 0.599. The second-order valence-corrected chi connectivity index (χ2v) is 11.2. The van der Waals surface area contributed by atoms with Crippen LogP contribution in [0.1, 0.15) is 27.2 Å². The van der Waals surface area contributed by atoms with Crippen LogP contribution in [0.5, 0.6) is 0 Å². The van der Waals surface area contributed by atoms with Crippen LogP contribution >= 0.6 is 0 Å². The van der Waals surface area contributed by atoms with Crippen LogP contribution in [0.15, 0.2) is 53.4 Å². The first-order chi connectivity index (χ1) is 15.0. The second-order valence-electron chi connectivity index (χ2n) is 7.26. The fourth-order valence-electron chi connectivity index (χ4n) is 3.52. The Kier molecular flexibility index (Phi) is 5.37. The van der Waals surface area contributed by atoms with Crippen molar-refractivity contribution < 1.29 is 30.4 Å². The van der Waals surface area contributed by atoms with Gasteiger partial charge in [0.05, 0.1) is 33.3 Å². The van der Waals surface area contributed by atoms with E-state index in [4.69, 9.17) is 0 Å². The number of nitrogens with zero attached hydrogens (tertiary/aromatic N) is 2. The van der Waals surface area contributed by atoms with Crippen LogP contribution in [-0.4, -0.2) is 38.3 Å². The molecule has 1 amide bonds. The predicted octanol–water partition coefficient (Wildman–Crippen LogP) is 2.86. The van der Waals surface area contributed by atoms with Crippen LogP contribution in [0.4, 0.5) is 14.6 Å². The van der Waals surface area contributed by atoms with Gasteiger partial charge in [0, 0.05) is 5.56 Å². The second kappa shape index (κ2) is 7.78. The Labute approximate surface area is 182 Å². The van der Waals surface area contributed by atoms with Crippen LogP contribution in [-0.2, 0) is 31.2 Å². The molecule has 0 fully saturated rings. The van der Waals surface area contributed by atoms with Gasteiger partial charge in [-0.2, -0.15) is 13.9 Å². The van der Waals surface area contributed by atoms with E-state index in [-0.39, 0.29) is 28.6 Å². The number of benzene rings is 2. The zero-order chi connectivity index (χ0) is 23.3. The van der Waals surface area contributed by atoms with E-state index in [0.717, 1.165) is 17.7 Å². The van der Waals surface area contributed by atoms with E-state index in [1.165, 1.54) is 16.8 Å². The molecule has 0 atom stereocenters. The molecule has 0 spiro atoms. The molecule has 0 aliphatic carbocycles. The van der Waals surface area contributed by atoms with Crippen molar-refractivity contribution in [2.24, 2.45) is 0 Å². The van der Waals surface area contributed by atoms with Gasteiger partial charge in [0.25, 0.3) is 5.91 Å². The van der Waals surface area contributed by atoms with Crippen molar-refractivity contribution >= 4 is 31.4 Å². The molecule has 12 heteroatoms. The number of carbonyl (C=O) groups is 1. The zero-order valence-corrected chi connectivity index (χ0v) is 18.3. The number of halogens is 2. The number of fused-ring (bicyclic) bond motifs is 1. The number of alkyl halides is 2. The molecule has 8 nitrogen and oxygen atoms in total. The minimum atomic E-state index is -5.04. The normalized spacial score (nSPS) is 15.0. The van der Waals surface area contributed by atoms with Crippen LogP contribution in [0, 0.1) is 6.92 Å². The average molecular weight is 482 g/mol. The first-order valence-electron chi connectivity index (χ1n) is 9.31. The van der Waals surface area contributed by atoms with Gasteiger partial charge in [0.1, 0.15) is 5.82 Å². The maximum absolute atomic E-state index is 13.1. The fourth-order valence-corrected chi connectivity index (χ4v) is 5.94. The van der Waals surface area contributed by atoms with Crippen molar-refractivity contribution in [2.75, 3.05) is 5.32 Å². The smallest absolute Gasteiger partial charge is 0.306 e. The minimum absolute atomic E-state index is 0.0459. The first kappa shape index (κ1) is 22.1. The number of aromatic nitrogens is 2. The number of carbonyl (C=O) groups excluding carboxylic acids is 1. The van der Waals surface area contributed by atoms with Gasteiger partial charge in [-0.25, -0.2) is 21.5 Å². The summed E-state index contributed by atoms with van der Waals surface area (Å²) in [6.07, 6.45) is 0. The zero-order valence-electron chi connectivity index (χ0n) is 16.6.